The average Bonchev–Trinajstić information content (AvgIpc) is 2.17. The molecule has 1 N–H and O–H groups in total. The summed E-state index contributed by atoms with van der Waals surface area (Å²) in [5.41, 5.74) is 1.10. The lowest BCUT2D eigenvalue weighted by Crippen LogP contribution is -2.26. The van der Waals surface area contributed by atoms with Gasteiger partial charge in [-0.1, -0.05) is 6.07 Å². The van der Waals surface area contributed by atoms with Gasteiger partial charge < -0.3 is 10.0 Å². The van der Waals surface area contributed by atoms with E-state index in [9.17, 15) is 9.90 Å². The second-order valence-electron chi connectivity index (χ2n) is 3.34. The minimum Gasteiger partial charge on any atom is -0.507 e. The largest absolute Gasteiger partial charge is 0.507 e. The summed E-state index contributed by atoms with van der Waals surface area (Å²) in [6, 6.07) is 6.69. The Labute approximate surface area is 88.4 Å². The number of hydrogen-bond donors (Lipinski definition) is 1. The van der Waals surface area contributed by atoms with Crippen LogP contribution in [0.1, 0.15) is 15.9 Å². The fourth-order valence-corrected chi connectivity index (χ4v) is 1.21. The maximum Gasteiger partial charge on any atom is 0.258 e. The standard InChI is InChI=1S/C11H12N2O2/c1-8-3-4-9(10(14)7-8)11(15)13(2)6-5-12/h3-4,7,14H,6H2,1-2H3. The van der Waals surface area contributed by atoms with Crippen molar-refractivity contribution in [1.29, 1.82) is 5.26 Å². The number of carbonyl (C=O) groups is 1. The molecule has 4 nitrogen and oxygen atoms in total. The number of benzene rings is 1. The molecule has 1 rings (SSSR count). The van der Waals surface area contributed by atoms with Crippen LogP contribution in [0.15, 0.2) is 18.2 Å². The first-order chi connectivity index (χ1) is 7.06. The fraction of sp³-hybridized carbons (Fsp3) is 0.273. The van der Waals surface area contributed by atoms with Gasteiger partial charge in [0.1, 0.15) is 12.3 Å². The van der Waals surface area contributed by atoms with Crippen LogP contribution in [-0.2, 0) is 0 Å². The SMILES string of the molecule is Cc1ccc(C(=O)N(C)CC#N)c(O)c1. The predicted octanol–water partition coefficient (Wildman–Crippen LogP) is 1.30. The second kappa shape index (κ2) is 4.47. The van der Waals surface area contributed by atoms with Gasteiger partial charge >= 0.3 is 0 Å². The molecule has 0 aliphatic rings. The summed E-state index contributed by atoms with van der Waals surface area (Å²) in [5.74, 6) is -0.404. The molecule has 78 valence electrons. The van der Waals surface area contributed by atoms with Crippen molar-refractivity contribution in [2.75, 3.05) is 13.6 Å². The average molecular weight is 204 g/mol. The van der Waals surface area contributed by atoms with Crippen LogP contribution in [0.5, 0.6) is 5.75 Å². The summed E-state index contributed by atoms with van der Waals surface area (Å²) >= 11 is 0. The third kappa shape index (κ3) is 2.47. The molecule has 1 amide bonds. The van der Waals surface area contributed by atoms with Gasteiger partial charge in [-0.2, -0.15) is 5.26 Å². The molecule has 1 aromatic rings. The molecule has 4 heteroatoms. The van der Waals surface area contributed by atoms with E-state index in [1.165, 1.54) is 18.0 Å². The van der Waals surface area contributed by atoms with Gasteiger partial charge in [0.05, 0.1) is 11.6 Å². The maximum absolute atomic E-state index is 11.7. The first kappa shape index (κ1) is 11.1. The highest BCUT2D eigenvalue weighted by atomic mass is 16.3. The number of nitriles is 1. The molecule has 0 aromatic heterocycles. The van der Waals surface area contributed by atoms with E-state index in [4.69, 9.17) is 5.26 Å². The normalized spacial score (nSPS) is 9.40. The highest BCUT2D eigenvalue weighted by Gasteiger charge is 2.14. The number of nitrogens with zero attached hydrogens (tertiary/aromatic N) is 2. The van der Waals surface area contributed by atoms with Crippen LogP contribution in [0.2, 0.25) is 0 Å². The van der Waals surface area contributed by atoms with E-state index in [0.29, 0.717) is 0 Å². The predicted molar refractivity (Wildman–Crippen MR) is 55.4 cm³/mol. The van der Waals surface area contributed by atoms with Gasteiger partial charge in [-0.3, -0.25) is 4.79 Å². The number of hydrogen-bond acceptors (Lipinski definition) is 3. The Hall–Kier alpha value is -2.02. The lowest BCUT2D eigenvalue weighted by Gasteiger charge is -2.13. The lowest BCUT2D eigenvalue weighted by molar-refractivity contribution is 0.0809. The zero-order valence-electron chi connectivity index (χ0n) is 8.69. The molecule has 0 saturated carbocycles. The molecule has 0 saturated heterocycles. The highest BCUT2D eigenvalue weighted by Crippen LogP contribution is 2.19. The Kier molecular flexibility index (Phi) is 3.29. The summed E-state index contributed by atoms with van der Waals surface area (Å²) in [6.45, 7) is 1.83. The van der Waals surface area contributed by atoms with Gasteiger partial charge in [0, 0.05) is 7.05 Å². The number of aromatic hydroxyl groups is 1. The van der Waals surface area contributed by atoms with Crippen molar-refractivity contribution in [1.82, 2.24) is 4.90 Å². The van der Waals surface area contributed by atoms with Crippen molar-refractivity contribution in [3.63, 3.8) is 0 Å². The van der Waals surface area contributed by atoms with Crippen LogP contribution in [0, 0.1) is 18.3 Å². The van der Waals surface area contributed by atoms with Crippen LogP contribution in [-0.4, -0.2) is 29.5 Å². The van der Waals surface area contributed by atoms with E-state index in [2.05, 4.69) is 0 Å². The maximum atomic E-state index is 11.7. The van der Waals surface area contributed by atoms with Crippen molar-refractivity contribution in [3.05, 3.63) is 29.3 Å². The van der Waals surface area contributed by atoms with Gasteiger partial charge in [0.25, 0.3) is 5.91 Å². The second-order valence-corrected chi connectivity index (χ2v) is 3.34. The first-order valence-electron chi connectivity index (χ1n) is 4.48. The molecule has 0 atom stereocenters. The van der Waals surface area contributed by atoms with Crippen LogP contribution in [0.4, 0.5) is 0 Å². The van der Waals surface area contributed by atoms with Gasteiger partial charge in [0.2, 0.25) is 0 Å². The Morgan fingerprint density at radius 2 is 2.27 bits per heavy atom. The monoisotopic (exact) mass is 204 g/mol. The molecule has 0 radical (unpaired) electrons. The lowest BCUT2D eigenvalue weighted by atomic mass is 10.1. The van der Waals surface area contributed by atoms with E-state index < -0.39 is 0 Å². The number of aryl methyl sites for hydroxylation is 1. The number of carbonyl (C=O) groups excluding carboxylic acids is 1. The quantitative estimate of drug-likeness (QED) is 0.738. The minimum atomic E-state index is -0.353. The molecule has 0 unspecified atom stereocenters. The number of phenolic OH excluding ortho intramolecular Hbond substituents is 1. The first-order valence-corrected chi connectivity index (χ1v) is 4.48. The smallest absolute Gasteiger partial charge is 0.258 e. The molecular weight excluding hydrogens is 192 g/mol. The van der Waals surface area contributed by atoms with E-state index in [-0.39, 0.29) is 23.8 Å². The van der Waals surface area contributed by atoms with E-state index >= 15 is 0 Å². The van der Waals surface area contributed by atoms with Crippen LogP contribution >= 0.6 is 0 Å². The molecule has 0 fully saturated rings. The number of rotatable bonds is 2. The molecule has 1 aromatic carbocycles. The highest BCUT2D eigenvalue weighted by molar-refractivity contribution is 5.96. The summed E-state index contributed by atoms with van der Waals surface area (Å²) in [6.07, 6.45) is 0. The molecular formula is C11H12N2O2. The van der Waals surface area contributed by atoms with E-state index in [1.54, 1.807) is 12.1 Å². The third-order valence-electron chi connectivity index (χ3n) is 2.04. The zero-order valence-corrected chi connectivity index (χ0v) is 8.69. The van der Waals surface area contributed by atoms with E-state index in [0.717, 1.165) is 5.56 Å². The topological polar surface area (TPSA) is 64.3 Å². The van der Waals surface area contributed by atoms with Crippen LogP contribution in [0.25, 0.3) is 0 Å². The molecule has 15 heavy (non-hydrogen) atoms. The Bertz CT molecular complexity index is 421. The Balaban J connectivity index is 2.97. The summed E-state index contributed by atoms with van der Waals surface area (Å²) in [7, 11) is 1.52. The minimum absolute atomic E-state index is 0.00610. The summed E-state index contributed by atoms with van der Waals surface area (Å²) in [4.78, 5) is 12.9. The number of amides is 1. The van der Waals surface area contributed by atoms with Gasteiger partial charge in [-0.05, 0) is 24.6 Å². The summed E-state index contributed by atoms with van der Waals surface area (Å²) in [5, 5.41) is 18.0. The van der Waals surface area contributed by atoms with Crippen molar-refractivity contribution >= 4 is 5.91 Å². The summed E-state index contributed by atoms with van der Waals surface area (Å²) < 4.78 is 0. The Morgan fingerprint density at radius 3 is 2.80 bits per heavy atom. The molecule has 0 heterocycles. The van der Waals surface area contributed by atoms with Gasteiger partial charge in [-0.15, -0.1) is 0 Å². The van der Waals surface area contributed by atoms with Crippen LogP contribution in [0.3, 0.4) is 0 Å². The molecule has 0 aliphatic heterocycles. The van der Waals surface area contributed by atoms with Crippen molar-refractivity contribution < 1.29 is 9.90 Å². The van der Waals surface area contributed by atoms with E-state index in [1.807, 2.05) is 13.0 Å². The van der Waals surface area contributed by atoms with Gasteiger partial charge in [-0.25, -0.2) is 0 Å². The zero-order chi connectivity index (χ0) is 11.4. The molecule has 0 bridgehead atoms. The molecule has 0 aliphatic carbocycles. The fourth-order valence-electron chi connectivity index (χ4n) is 1.21. The van der Waals surface area contributed by atoms with Gasteiger partial charge in [0.15, 0.2) is 0 Å². The molecule has 0 spiro atoms. The third-order valence-corrected chi connectivity index (χ3v) is 2.04. The van der Waals surface area contributed by atoms with Crippen molar-refractivity contribution in [2.45, 2.75) is 6.92 Å². The Morgan fingerprint density at radius 1 is 1.60 bits per heavy atom. The number of phenols is 1. The van der Waals surface area contributed by atoms with Crippen LogP contribution < -0.4 is 0 Å². The van der Waals surface area contributed by atoms with Crippen molar-refractivity contribution in [3.8, 4) is 11.8 Å². The van der Waals surface area contributed by atoms with Crippen molar-refractivity contribution in [2.24, 2.45) is 0 Å².